The average Bonchev–Trinajstić information content (AvgIpc) is 3.49. The zero-order valence-corrected chi connectivity index (χ0v) is 17.7. The number of ether oxygens (including phenoxy) is 2. The normalized spacial score (nSPS) is 14.0. The van der Waals surface area contributed by atoms with E-state index in [1.165, 1.54) is 0 Å². The molecule has 1 N–H and O–H groups in total. The second-order valence-corrected chi connectivity index (χ2v) is 7.78. The molecule has 1 fully saturated rings. The maximum atomic E-state index is 12.6. The van der Waals surface area contributed by atoms with Crippen LogP contribution in [0.25, 0.3) is 11.3 Å². The van der Waals surface area contributed by atoms with Crippen LogP contribution < -0.4 is 15.0 Å². The zero-order valence-electron chi connectivity index (χ0n) is 16.9. The molecule has 1 amide bonds. The molecular formula is C21H25N5O3S. The Morgan fingerprint density at radius 2 is 2.20 bits per heavy atom. The number of benzene rings is 1. The van der Waals surface area contributed by atoms with Crippen molar-refractivity contribution in [1.82, 2.24) is 19.9 Å². The number of aromatic nitrogens is 3. The molecule has 0 bridgehead atoms. The number of anilines is 1. The number of thiazole rings is 1. The second-order valence-electron chi connectivity index (χ2n) is 6.94. The first kappa shape index (κ1) is 20.4. The summed E-state index contributed by atoms with van der Waals surface area (Å²) in [5, 5.41) is 5.95. The monoisotopic (exact) mass is 427 g/mol. The van der Waals surface area contributed by atoms with Gasteiger partial charge in [-0.25, -0.2) is 9.97 Å². The molecule has 2 aromatic heterocycles. The van der Waals surface area contributed by atoms with Crippen molar-refractivity contribution in [3.63, 3.8) is 0 Å². The van der Waals surface area contributed by atoms with Crippen molar-refractivity contribution in [2.75, 3.05) is 44.9 Å². The molecule has 0 radical (unpaired) electrons. The number of nitrogens with zero attached hydrogens (tertiary/aromatic N) is 4. The van der Waals surface area contributed by atoms with Crippen molar-refractivity contribution in [1.29, 1.82) is 0 Å². The van der Waals surface area contributed by atoms with Gasteiger partial charge in [-0.3, -0.25) is 4.79 Å². The number of aryl methyl sites for hydroxylation is 1. The number of hydrogen-bond donors (Lipinski definition) is 1. The van der Waals surface area contributed by atoms with Crippen molar-refractivity contribution in [3.8, 4) is 17.0 Å². The number of methoxy groups -OCH3 is 1. The highest BCUT2D eigenvalue weighted by Gasteiger charge is 2.18. The van der Waals surface area contributed by atoms with Crippen LogP contribution in [0.1, 0.15) is 16.8 Å². The number of carbonyl (C=O) groups excluding carboxylic acids is 1. The van der Waals surface area contributed by atoms with Gasteiger partial charge in [0.15, 0.2) is 5.13 Å². The van der Waals surface area contributed by atoms with E-state index < -0.39 is 0 Å². The zero-order chi connectivity index (χ0) is 20.8. The molecule has 1 saturated heterocycles. The van der Waals surface area contributed by atoms with E-state index >= 15 is 0 Å². The molecule has 8 nitrogen and oxygen atoms in total. The molecule has 4 rings (SSSR count). The van der Waals surface area contributed by atoms with Crippen LogP contribution in [0.5, 0.6) is 5.75 Å². The Morgan fingerprint density at radius 3 is 2.97 bits per heavy atom. The van der Waals surface area contributed by atoms with Crippen LogP contribution in [0.3, 0.4) is 0 Å². The minimum Gasteiger partial charge on any atom is -0.496 e. The average molecular weight is 428 g/mol. The lowest BCUT2D eigenvalue weighted by molar-refractivity contribution is 0.0952. The highest BCUT2D eigenvalue weighted by atomic mass is 32.1. The number of hydrogen-bond acceptors (Lipinski definition) is 7. The second kappa shape index (κ2) is 9.73. The number of morpholine rings is 1. The molecule has 3 heterocycles. The maximum Gasteiger partial charge on any atom is 0.251 e. The van der Waals surface area contributed by atoms with Crippen molar-refractivity contribution >= 4 is 22.4 Å². The predicted molar refractivity (Wildman–Crippen MR) is 116 cm³/mol. The van der Waals surface area contributed by atoms with E-state index in [1.54, 1.807) is 37.0 Å². The van der Waals surface area contributed by atoms with Crippen molar-refractivity contribution in [2.24, 2.45) is 0 Å². The van der Waals surface area contributed by atoms with Gasteiger partial charge in [-0.05, 0) is 24.6 Å². The lowest BCUT2D eigenvalue weighted by Gasteiger charge is -2.26. The predicted octanol–water partition coefficient (Wildman–Crippen LogP) is 2.67. The highest BCUT2D eigenvalue weighted by Crippen LogP contribution is 2.34. The summed E-state index contributed by atoms with van der Waals surface area (Å²) >= 11 is 1.60. The van der Waals surface area contributed by atoms with E-state index in [1.807, 2.05) is 28.3 Å². The Hall–Kier alpha value is -2.91. The summed E-state index contributed by atoms with van der Waals surface area (Å²) in [6, 6.07) is 5.45. The van der Waals surface area contributed by atoms with Crippen LogP contribution in [0.2, 0.25) is 0 Å². The van der Waals surface area contributed by atoms with Crippen molar-refractivity contribution < 1.29 is 14.3 Å². The van der Waals surface area contributed by atoms with E-state index in [9.17, 15) is 4.79 Å². The summed E-state index contributed by atoms with van der Waals surface area (Å²) in [6.45, 7) is 4.52. The molecule has 0 aliphatic carbocycles. The van der Waals surface area contributed by atoms with Gasteiger partial charge >= 0.3 is 0 Å². The Kier molecular flexibility index (Phi) is 6.60. The Labute approximate surface area is 179 Å². The van der Waals surface area contributed by atoms with Crippen LogP contribution in [0.4, 0.5) is 5.13 Å². The maximum absolute atomic E-state index is 12.6. The molecule has 30 heavy (non-hydrogen) atoms. The molecule has 158 valence electrons. The van der Waals surface area contributed by atoms with Gasteiger partial charge in [-0.2, -0.15) is 0 Å². The Morgan fingerprint density at radius 1 is 1.33 bits per heavy atom. The third kappa shape index (κ3) is 4.80. The third-order valence-corrected chi connectivity index (χ3v) is 5.85. The van der Waals surface area contributed by atoms with Crippen LogP contribution in [-0.4, -0.2) is 60.4 Å². The van der Waals surface area contributed by atoms with E-state index in [0.717, 1.165) is 55.7 Å². The first-order chi connectivity index (χ1) is 14.7. The Bertz CT molecular complexity index is 967. The largest absolute Gasteiger partial charge is 0.496 e. The first-order valence-corrected chi connectivity index (χ1v) is 10.8. The van der Waals surface area contributed by atoms with Gasteiger partial charge in [-0.1, -0.05) is 0 Å². The molecule has 1 aliphatic rings. The fraction of sp³-hybridized carbons (Fsp3) is 0.381. The molecule has 0 atom stereocenters. The standard InChI is InChI=1S/C21H25N5O3S/c1-28-19-4-3-16(20(27)23-5-2-7-25-8-6-22-15-25)13-17(19)18-14-30-21(24-18)26-9-11-29-12-10-26/h3-4,6,8,13-15H,2,5,7,9-12H2,1H3,(H,23,27). The smallest absolute Gasteiger partial charge is 0.251 e. The third-order valence-electron chi connectivity index (χ3n) is 4.95. The topological polar surface area (TPSA) is 81.5 Å². The summed E-state index contributed by atoms with van der Waals surface area (Å²) < 4.78 is 12.9. The lowest BCUT2D eigenvalue weighted by Crippen LogP contribution is -2.36. The quantitative estimate of drug-likeness (QED) is 0.557. The fourth-order valence-corrected chi connectivity index (χ4v) is 4.20. The first-order valence-electron chi connectivity index (χ1n) is 9.95. The van der Waals surface area contributed by atoms with E-state index in [2.05, 4.69) is 15.2 Å². The molecular weight excluding hydrogens is 402 g/mol. The van der Waals surface area contributed by atoms with E-state index in [4.69, 9.17) is 14.5 Å². The van der Waals surface area contributed by atoms with E-state index in [0.29, 0.717) is 17.9 Å². The number of imidazole rings is 1. The summed E-state index contributed by atoms with van der Waals surface area (Å²) in [7, 11) is 1.63. The van der Waals surface area contributed by atoms with Crippen LogP contribution in [0.15, 0.2) is 42.3 Å². The molecule has 9 heteroatoms. The van der Waals surface area contributed by atoms with Gasteiger partial charge < -0.3 is 24.3 Å². The van der Waals surface area contributed by atoms with Crippen LogP contribution >= 0.6 is 11.3 Å². The lowest BCUT2D eigenvalue weighted by atomic mass is 10.1. The number of nitrogens with one attached hydrogen (secondary N) is 1. The summed E-state index contributed by atoms with van der Waals surface area (Å²) in [5.41, 5.74) is 2.22. The van der Waals surface area contributed by atoms with Crippen LogP contribution in [-0.2, 0) is 11.3 Å². The van der Waals surface area contributed by atoms with Gasteiger partial charge in [0.05, 0.1) is 32.3 Å². The highest BCUT2D eigenvalue weighted by molar-refractivity contribution is 7.14. The molecule has 0 spiro atoms. The van der Waals surface area contributed by atoms with Gasteiger partial charge in [0, 0.05) is 55.1 Å². The van der Waals surface area contributed by atoms with Gasteiger partial charge in [0.2, 0.25) is 0 Å². The van der Waals surface area contributed by atoms with Crippen molar-refractivity contribution in [2.45, 2.75) is 13.0 Å². The van der Waals surface area contributed by atoms with Gasteiger partial charge in [0.1, 0.15) is 5.75 Å². The van der Waals surface area contributed by atoms with E-state index in [-0.39, 0.29) is 5.91 Å². The fourth-order valence-electron chi connectivity index (χ4n) is 3.32. The van der Waals surface area contributed by atoms with Crippen molar-refractivity contribution in [3.05, 3.63) is 47.9 Å². The molecule has 1 aliphatic heterocycles. The molecule has 0 saturated carbocycles. The Balaban J connectivity index is 1.43. The molecule has 0 unspecified atom stereocenters. The minimum atomic E-state index is -0.104. The number of carbonyl (C=O) groups is 1. The van der Waals surface area contributed by atoms with Gasteiger partial charge in [0.25, 0.3) is 5.91 Å². The SMILES string of the molecule is COc1ccc(C(=O)NCCCn2ccnc2)cc1-c1csc(N2CCOCC2)n1. The number of rotatable bonds is 8. The van der Waals surface area contributed by atoms with Gasteiger partial charge in [-0.15, -0.1) is 11.3 Å². The molecule has 1 aromatic carbocycles. The van der Waals surface area contributed by atoms with Crippen LogP contribution in [0, 0.1) is 0 Å². The molecule has 3 aromatic rings. The summed E-state index contributed by atoms with van der Waals surface area (Å²) in [4.78, 5) is 23.7. The summed E-state index contributed by atoms with van der Waals surface area (Å²) in [5.74, 6) is 0.596. The summed E-state index contributed by atoms with van der Waals surface area (Å²) in [6.07, 6.45) is 6.27. The number of amides is 1. The minimum absolute atomic E-state index is 0.104.